The molecular weight excluding hydrogens is 880 g/mol. The Labute approximate surface area is 403 Å². The molecule has 0 saturated heterocycles. The van der Waals surface area contributed by atoms with Gasteiger partial charge in [0.15, 0.2) is 6.10 Å². The van der Waals surface area contributed by atoms with Crippen LogP contribution in [-0.2, 0) is 37.5 Å². The van der Waals surface area contributed by atoms with Gasteiger partial charge in [-0.25, -0.2) is 0 Å². The van der Waals surface area contributed by atoms with Gasteiger partial charge in [0.2, 0.25) is 0 Å². The number of aliphatic carboxylic acids is 1. The van der Waals surface area contributed by atoms with E-state index in [2.05, 4.69) is 50.3 Å². The number of rotatable bonds is 44. The number of quaternary nitrogens is 1. The maximum atomic E-state index is 13.2. The molecule has 0 heterocycles. The predicted molar refractivity (Wildman–Crippen MR) is 269 cm³/mol. The molecule has 0 aromatic rings. The van der Waals surface area contributed by atoms with Crippen molar-refractivity contribution in [3.05, 3.63) is 72.9 Å². The van der Waals surface area contributed by atoms with Gasteiger partial charge in [0, 0.05) is 23.8 Å². The van der Waals surface area contributed by atoms with Crippen LogP contribution in [0.1, 0.15) is 155 Å². The Hall–Kier alpha value is -2.81. The standard InChI is InChI=1S/C51H89N2O11PS/c1-6-8-10-12-14-16-18-20-21-22-23-24-26-28-30-32-34-39-50(57)61-42-45(43-63-65(59,60)62-41-40-53(3,4)5)64-51(58)46(52)44-66-48(47(54)36-35-38-49(55)56)37-33-31-29-27-25-19-17-15-13-11-9-7-2/h14-17,20-21,25,27,29,31,33,37,45-48,54H,6-13,18-19,22-24,26,28,30,32,34-36,38-44,52H2,1-5H3,(H-,55,56,59,60)/b16-14-,17-15-,21-20-,27-25-,31-29+,37-33+/t45-,46+,47+,48-/m1/s1. The molecule has 0 aromatic carbocycles. The van der Waals surface area contributed by atoms with Gasteiger partial charge >= 0.3 is 17.9 Å². The third-order valence-electron chi connectivity index (χ3n) is 10.2. The first-order chi connectivity index (χ1) is 31.6. The first-order valence-electron chi connectivity index (χ1n) is 24.6. The van der Waals surface area contributed by atoms with E-state index in [0.29, 0.717) is 17.4 Å². The lowest BCUT2D eigenvalue weighted by atomic mass is 10.1. The minimum absolute atomic E-state index is 0.00773. The maximum Gasteiger partial charge on any atom is 0.324 e. The second-order valence-corrected chi connectivity index (χ2v) is 20.3. The van der Waals surface area contributed by atoms with Crippen LogP contribution in [0.25, 0.3) is 0 Å². The van der Waals surface area contributed by atoms with Crippen molar-refractivity contribution in [2.45, 2.75) is 179 Å². The van der Waals surface area contributed by atoms with E-state index >= 15 is 0 Å². The van der Waals surface area contributed by atoms with Crippen LogP contribution in [0.4, 0.5) is 0 Å². The summed E-state index contributed by atoms with van der Waals surface area (Å²) in [5.74, 6) is -2.34. The zero-order valence-corrected chi connectivity index (χ0v) is 43.0. The molecular formula is C51H89N2O11PS. The van der Waals surface area contributed by atoms with Crippen molar-refractivity contribution in [1.29, 1.82) is 0 Å². The lowest BCUT2D eigenvalue weighted by molar-refractivity contribution is -0.870. The van der Waals surface area contributed by atoms with Crippen LogP contribution in [0.2, 0.25) is 0 Å². The molecule has 0 saturated carbocycles. The summed E-state index contributed by atoms with van der Waals surface area (Å²) in [7, 11) is 0.852. The molecule has 1 unspecified atom stereocenters. The first-order valence-corrected chi connectivity index (χ1v) is 27.1. The molecule has 13 nitrogen and oxygen atoms in total. The molecule has 0 bridgehead atoms. The number of aliphatic hydroxyl groups excluding tert-OH is 1. The molecule has 0 rings (SSSR count). The summed E-state index contributed by atoms with van der Waals surface area (Å²) in [6.45, 7) is 3.57. The number of phosphoric ester groups is 1. The average molecular weight is 969 g/mol. The zero-order chi connectivity index (χ0) is 49.2. The number of esters is 2. The van der Waals surface area contributed by atoms with Gasteiger partial charge in [-0.2, -0.15) is 0 Å². The lowest BCUT2D eigenvalue weighted by Crippen LogP contribution is -2.40. The Morgan fingerprint density at radius 3 is 1.86 bits per heavy atom. The number of carboxylic acids is 1. The molecule has 0 fully saturated rings. The minimum Gasteiger partial charge on any atom is -0.756 e. The van der Waals surface area contributed by atoms with Gasteiger partial charge in [0.1, 0.15) is 25.8 Å². The Morgan fingerprint density at radius 2 is 1.27 bits per heavy atom. The van der Waals surface area contributed by atoms with Gasteiger partial charge in [0.25, 0.3) is 7.82 Å². The van der Waals surface area contributed by atoms with Crippen LogP contribution in [-0.4, -0.2) is 109 Å². The van der Waals surface area contributed by atoms with E-state index in [4.69, 9.17) is 29.4 Å². The molecule has 0 aliphatic carbocycles. The molecule has 66 heavy (non-hydrogen) atoms. The third kappa shape index (κ3) is 42.5. The van der Waals surface area contributed by atoms with Gasteiger partial charge in [-0.05, 0) is 70.6 Å². The predicted octanol–water partition coefficient (Wildman–Crippen LogP) is 10.5. The fraction of sp³-hybridized carbons (Fsp3) is 0.706. The van der Waals surface area contributed by atoms with Crippen LogP contribution < -0.4 is 10.6 Å². The number of allylic oxidation sites excluding steroid dienone is 11. The number of unbranched alkanes of at least 4 members (excludes halogenated alkanes) is 13. The topological polar surface area (TPSA) is 195 Å². The number of carbonyl (C=O) groups is 3. The smallest absolute Gasteiger partial charge is 0.324 e. The highest BCUT2D eigenvalue weighted by Crippen LogP contribution is 2.38. The van der Waals surface area contributed by atoms with E-state index in [1.165, 1.54) is 63.1 Å². The van der Waals surface area contributed by atoms with Crippen molar-refractivity contribution < 1.29 is 57.1 Å². The van der Waals surface area contributed by atoms with E-state index < -0.39 is 62.4 Å². The average Bonchev–Trinajstić information content (AvgIpc) is 3.26. The van der Waals surface area contributed by atoms with Crippen molar-refractivity contribution in [2.24, 2.45) is 5.73 Å². The van der Waals surface area contributed by atoms with Crippen LogP contribution in [0.5, 0.6) is 0 Å². The number of aliphatic hydroxyl groups is 1. The fourth-order valence-electron chi connectivity index (χ4n) is 6.17. The zero-order valence-electron chi connectivity index (χ0n) is 41.3. The molecule has 15 heteroatoms. The quantitative estimate of drug-likeness (QED) is 0.0130. The van der Waals surface area contributed by atoms with Crippen molar-refractivity contribution in [1.82, 2.24) is 0 Å². The number of nitrogens with two attached hydrogens (primary N) is 1. The second kappa shape index (κ2) is 42.3. The minimum atomic E-state index is -4.79. The molecule has 0 spiro atoms. The summed E-state index contributed by atoms with van der Waals surface area (Å²) < 4.78 is 34.0. The summed E-state index contributed by atoms with van der Waals surface area (Å²) in [5.41, 5.74) is 6.24. The Kier molecular flexibility index (Phi) is 40.5. The molecule has 0 radical (unpaired) electrons. The van der Waals surface area contributed by atoms with Gasteiger partial charge in [-0.3, -0.25) is 18.9 Å². The first kappa shape index (κ1) is 63.2. The van der Waals surface area contributed by atoms with E-state index in [-0.39, 0.29) is 38.0 Å². The number of ether oxygens (including phenoxy) is 2. The lowest BCUT2D eigenvalue weighted by Gasteiger charge is -2.28. The SMILES string of the molecule is CCCCC/C=C\C\C=C/C=C/C=C/[C@@H](SC[C@H](N)C(=O)O[C@H](COC(=O)CCCCCCCCC/C=C\C/C=C\CCCCC)COP(=O)([O-])OCC[N+](C)(C)C)[C@@H](O)CCCC(=O)O. The third-order valence-corrected chi connectivity index (χ3v) is 12.6. The monoisotopic (exact) mass is 969 g/mol. The van der Waals surface area contributed by atoms with Crippen LogP contribution >= 0.6 is 19.6 Å². The number of likely N-dealkylation sites (N-methyl/N-ethyl adjacent to an activating group) is 1. The Bertz CT molecular complexity index is 1480. The highest BCUT2D eigenvalue weighted by atomic mass is 32.2. The summed E-state index contributed by atoms with van der Waals surface area (Å²) in [5, 5.41) is 19.5. The molecule has 5 atom stereocenters. The number of carboxylic acid groups (broad SMARTS) is 1. The Balaban J connectivity index is 5.21. The fourth-order valence-corrected chi connectivity index (χ4v) is 8.02. The van der Waals surface area contributed by atoms with Crippen LogP contribution in [0.15, 0.2) is 72.9 Å². The largest absolute Gasteiger partial charge is 0.756 e. The van der Waals surface area contributed by atoms with Crippen molar-refractivity contribution in [2.75, 3.05) is 53.3 Å². The number of carbonyl (C=O) groups excluding carboxylic acids is 2. The highest BCUT2D eigenvalue weighted by Gasteiger charge is 2.26. The van der Waals surface area contributed by atoms with E-state index in [9.17, 15) is 28.9 Å². The van der Waals surface area contributed by atoms with E-state index in [0.717, 1.165) is 57.8 Å². The number of hydrogen-bond acceptors (Lipinski definition) is 12. The van der Waals surface area contributed by atoms with Crippen molar-refractivity contribution in [3.63, 3.8) is 0 Å². The second-order valence-electron chi connectivity index (χ2n) is 17.7. The van der Waals surface area contributed by atoms with Crippen molar-refractivity contribution >= 4 is 37.5 Å². The van der Waals surface area contributed by atoms with Gasteiger partial charge < -0.3 is 43.8 Å². The molecule has 0 amide bonds. The molecule has 0 aromatic heterocycles. The van der Waals surface area contributed by atoms with E-state index in [1.54, 1.807) is 12.2 Å². The molecule has 380 valence electrons. The van der Waals surface area contributed by atoms with Gasteiger partial charge in [-0.1, -0.05) is 145 Å². The summed E-state index contributed by atoms with van der Waals surface area (Å²) in [4.78, 5) is 49.6. The summed E-state index contributed by atoms with van der Waals surface area (Å²) in [6.07, 6.45) is 42.5. The number of hydrogen-bond donors (Lipinski definition) is 3. The van der Waals surface area contributed by atoms with Crippen LogP contribution in [0, 0.1) is 0 Å². The molecule has 4 N–H and O–H groups in total. The van der Waals surface area contributed by atoms with Gasteiger partial charge in [0.05, 0.1) is 33.9 Å². The summed E-state index contributed by atoms with van der Waals surface area (Å²) >= 11 is 1.20. The summed E-state index contributed by atoms with van der Waals surface area (Å²) in [6, 6.07) is -1.20. The normalized spacial score (nSPS) is 15.4. The highest BCUT2D eigenvalue weighted by molar-refractivity contribution is 8.00. The molecule has 0 aliphatic rings. The van der Waals surface area contributed by atoms with Crippen LogP contribution in [0.3, 0.4) is 0 Å². The maximum absolute atomic E-state index is 13.2. The number of phosphoric acid groups is 1. The molecule has 0 aliphatic heterocycles. The Morgan fingerprint density at radius 1 is 0.712 bits per heavy atom. The van der Waals surface area contributed by atoms with Gasteiger partial charge in [-0.15, -0.1) is 11.8 Å². The number of nitrogens with zero attached hydrogens (tertiary/aromatic N) is 1. The van der Waals surface area contributed by atoms with Crippen molar-refractivity contribution in [3.8, 4) is 0 Å². The van der Waals surface area contributed by atoms with E-state index in [1.807, 2.05) is 45.4 Å². The number of thioether (sulfide) groups is 1.